The Hall–Kier alpha value is -2.48. The van der Waals surface area contributed by atoms with Crippen LogP contribution < -0.4 is 0 Å². The van der Waals surface area contributed by atoms with Crippen LogP contribution in [0.5, 0.6) is 0 Å². The topological polar surface area (TPSA) is 65.1 Å². The van der Waals surface area contributed by atoms with Crippen LogP contribution in [0.25, 0.3) is 0 Å². The molecule has 0 bridgehead atoms. The highest BCUT2D eigenvalue weighted by atomic mass is 32.1. The van der Waals surface area contributed by atoms with Crippen LogP contribution in [0.15, 0.2) is 60.5 Å². The van der Waals surface area contributed by atoms with Gasteiger partial charge < -0.3 is 9.47 Å². The summed E-state index contributed by atoms with van der Waals surface area (Å²) < 4.78 is 10.2. The van der Waals surface area contributed by atoms with E-state index < -0.39 is 29.5 Å². The van der Waals surface area contributed by atoms with Gasteiger partial charge in [-0.25, -0.2) is 0 Å². The van der Waals surface area contributed by atoms with Gasteiger partial charge in [0.1, 0.15) is 0 Å². The van der Waals surface area contributed by atoms with Gasteiger partial charge in [0, 0.05) is 17.8 Å². The van der Waals surface area contributed by atoms with Crippen molar-refractivity contribution in [3.63, 3.8) is 0 Å². The van der Waals surface area contributed by atoms with Crippen molar-refractivity contribution < 1.29 is 23.9 Å². The fourth-order valence-corrected chi connectivity index (χ4v) is 4.55. The molecule has 1 aromatic carbocycles. The summed E-state index contributed by atoms with van der Waals surface area (Å²) in [6, 6.07) is 12.8. The first-order chi connectivity index (χ1) is 13.6. The van der Waals surface area contributed by atoms with Crippen LogP contribution in [0.1, 0.15) is 22.9 Å². The molecule has 3 rings (SSSR count). The molecule has 0 radical (unpaired) electrons. The Morgan fingerprint density at radius 3 is 2.43 bits per heavy atom. The number of hydroxylamine groups is 2. The summed E-state index contributed by atoms with van der Waals surface area (Å²) in [5.41, 5.74) is -0.586. The highest BCUT2D eigenvalue weighted by molar-refractivity contribution is 7.10. The molecule has 1 aliphatic heterocycles. The standard InChI is InChI=1S/C21H23NO5S/c1-4-16-13-21(19(23)25-2,20(24)26-3)18(17-11-8-12-28-17)22(27-16)14-15-9-6-5-7-10-15/h4-12,16,18H,1,13-14H2,2-3H3/t16-,18+/m0/s1. The third-order valence-corrected chi connectivity index (χ3v) is 5.83. The second-order valence-electron chi connectivity index (χ2n) is 6.52. The minimum atomic E-state index is -1.57. The van der Waals surface area contributed by atoms with Gasteiger partial charge in [-0.15, -0.1) is 17.9 Å². The molecule has 0 N–H and O–H groups in total. The molecule has 0 unspecified atom stereocenters. The summed E-state index contributed by atoms with van der Waals surface area (Å²) in [5.74, 6) is -1.29. The van der Waals surface area contributed by atoms with E-state index in [1.54, 1.807) is 11.1 Å². The van der Waals surface area contributed by atoms with Gasteiger partial charge in [-0.05, 0) is 17.0 Å². The van der Waals surface area contributed by atoms with Crippen LogP contribution in [0.2, 0.25) is 0 Å². The smallest absolute Gasteiger partial charge is 0.325 e. The lowest BCUT2D eigenvalue weighted by Crippen LogP contribution is -2.57. The number of ether oxygens (including phenoxy) is 2. The fourth-order valence-electron chi connectivity index (χ4n) is 3.63. The minimum absolute atomic E-state index is 0.0870. The summed E-state index contributed by atoms with van der Waals surface area (Å²) in [6.45, 7) is 4.17. The van der Waals surface area contributed by atoms with E-state index >= 15 is 0 Å². The number of carbonyl (C=O) groups is 2. The van der Waals surface area contributed by atoms with E-state index in [0.29, 0.717) is 6.54 Å². The molecule has 0 spiro atoms. The molecule has 2 aromatic rings. The summed E-state index contributed by atoms with van der Waals surface area (Å²) in [5, 5.41) is 3.57. The molecule has 1 fully saturated rings. The van der Waals surface area contributed by atoms with Crippen LogP contribution in [-0.4, -0.2) is 37.3 Å². The molecule has 1 aromatic heterocycles. The van der Waals surface area contributed by atoms with Gasteiger partial charge in [0.25, 0.3) is 0 Å². The van der Waals surface area contributed by atoms with E-state index in [1.165, 1.54) is 25.6 Å². The fraction of sp³-hybridized carbons (Fsp3) is 0.333. The van der Waals surface area contributed by atoms with Gasteiger partial charge in [-0.3, -0.25) is 14.4 Å². The number of hydrogen-bond donors (Lipinski definition) is 0. The molecule has 28 heavy (non-hydrogen) atoms. The third kappa shape index (κ3) is 3.61. The van der Waals surface area contributed by atoms with E-state index in [9.17, 15) is 9.59 Å². The summed E-state index contributed by atoms with van der Waals surface area (Å²) >= 11 is 1.45. The SMILES string of the molecule is C=C[C@H]1CC(C(=O)OC)(C(=O)OC)[C@@H](c2cccs2)N(Cc2ccccc2)O1. The van der Waals surface area contributed by atoms with E-state index in [1.807, 2.05) is 47.8 Å². The quantitative estimate of drug-likeness (QED) is 0.419. The van der Waals surface area contributed by atoms with Crippen molar-refractivity contribution >= 4 is 23.3 Å². The maximum Gasteiger partial charge on any atom is 0.325 e. The molecular weight excluding hydrogens is 378 g/mol. The Labute approximate surface area is 168 Å². The van der Waals surface area contributed by atoms with E-state index in [4.69, 9.17) is 14.3 Å². The average Bonchev–Trinajstić information content (AvgIpc) is 3.26. The van der Waals surface area contributed by atoms with Crippen molar-refractivity contribution in [2.75, 3.05) is 14.2 Å². The number of nitrogens with zero attached hydrogens (tertiary/aromatic N) is 1. The lowest BCUT2D eigenvalue weighted by atomic mass is 9.73. The first-order valence-corrected chi connectivity index (χ1v) is 9.75. The van der Waals surface area contributed by atoms with E-state index in [0.717, 1.165) is 10.4 Å². The van der Waals surface area contributed by atoms with Gasteiger partial charge in [0.15, 0.2) is 5.41 Å². The van der Waals surface area contributed by atoms with E-state index in [-0.39, 0.29) is 6.42 Å². The molecule has 7 heteroatoms. The van der Waals surface area contributed by atoms with Crippen molar-refractivity contribution in [3.05, 3.63) is 70.9 Å². The largest absolute Gasteiger partial charge is 0.468 e. The number of rotatable bonds is 6. The molecular formula is C21H23NO5S. The van der Waals surface area contributed by atoms with Crippen LogP contribution in [0, 0.1) is 5.41 Å². The maximum absolute atomic E-state index is 13.0. The number of hydrogen-bond acceptors (Lipinski definition) is 7. The molecule has 6 nitrogen and oxygen atoms in total. The lowest BCUT2D eigenvalue weighted by molar-refractivity contribution is -0.280. The van der Waals surface area contributed by atoms with Crippen molar-refractivity contribution in [3.8, 4) is 0 Å². The van der Waals surface area contributed by atoms with Crippen molar-refractivity contribution in [2.45, 2.75) is 25.1 Å². The number of benzene rings is 1. The molecule has 1 saturated heterocycles. The molecule has 0 amide bonds. The Morgan fingerprint density at radius 2 is 1.89 bits per heavy atom. The normalized spacial score (nSPS) is 21.6. The van der Waals surface area contributed by atoms with Gasteiger partial charge in [0.05, 0.1) is 26.4 Å². The van der Waals surface area contributed by atoms with Crippen LogP contribution in [-0.2, 0) is 30.4 Å². The number of esters is 2. The van der Waals surface area contributed by atoms with Crippen LogP contribution in [0.3, 0.4) is 0 Å². The first kappa shape index (κ1) is 20.3. The Balaban J connectivity index is 2.15. The highest BCUT2D eigenvalue weighted by Gasteiger charge is 2.61. The number of methoxy groups -OCH3 is 2. The first-order valence-electron chi connectivity index (χ1n) is 8.87. The molecule has 2 atom stereocenters. The highest BCUT2D eigenvalue weighted by Crippen LogP contribution is 2.50. The average molecular weight is 401 g/mol. The zero-order chi connectivity index (χ0) is 20.1. The number of carbonyl (C=O) groups excluding carboxylic acids is 2. The third-order valence-electron chi connectivity index (χ3n) is 4.90. The summed E-state index contributed by atoms with van der Waals surface area (Å²) in [7, 11) is 2.55. The van der Waals surface area contributed by atoms with Gasteiger partial charge in [-0.1, -0.05) is 42.5 Å². The zero-order valence-electron chi connectivity index (χ0n) is 15.9. The van der Waals surface area contributed by atoms with Gasteiger partial charge in [-0.2, -0.15) is 5.06 Å². The Morgan fingerprint density at radius 1 is 1.21 bits per heavy atom. The number of thiophene rings is 1. The molecule has 148 valence electrons. The maximum atomic E-state index is 13.0. The van der Waals surface area contributed by atoms with E-state index in [2.05, 4.69) is 6.58 Å². The summed E-state index contributed by atoms with van der Waals surface area (Å²) in [6.07, 6.45) is 1.13. The Bertz CT molecular complexity index is 805. The van der Waals surface area contributed by atoms with Crippen LogP contribution >= 0.6 is 11.3 Å². The second kappa shape index (κ2) is 8.68. The molecule has 0 aliphatic carbocycles. The summed E-state index contributed by atoms with van der Waals surface area (Å²) in [4.78, 5) is 33.0. The monoisotopic (exact) mass is 401 g/mol. The van der Waals surface area contributed by atoms with Crippen molar-refractivity contribution in [1.29, 1.82) is 0 Å². The Kier molecular flexibility index (Phi) is 6.28. The predicted molar refractivity (Wildman–Crippen MR) is 105 cm³/mol. The van der Waals surface area contributed by atoms with Gasteiger partial charge in [0.2, 0.25) is 0 Å². The predicted octanol–water partition coefficient (Wildman–Crippen LogP) is 3.51. The second-order valence-corrected chi connectivity index (χ2v) is 7.50. The molecule has 0 saturated carbocycles. The minimum Gasteiger partial charge on any atom is -0.468 e. The van der Waals surface area contributed by atoms with Crippen LogP contribution in [0.4, 0.5) is 0 Å². The van der Waals surface area contributed by atoms with Gasteiger partial charge >= 0.3 is 11.9 Å². The lowest BCUT2D eigenvalue weighted by Gasteiger charge is -2.47. The zero-order valence-corrected chi connectivity index (χ0v) is 16.7. The molecule has 1 aliphatic rings. The van der Waals surface area contributed by atoms with Crippen molar-refractivity contribution in [2.24, 2.45) is 5.41 Å². The molecule has 2 heterocycles. The van der Waals surface area contributed by atoms with Crippen molar-refractivity contribution in [1.82, 2.24) is 5.06 Å².